The molecule has 0 saturated carbocycles. The van der Waals surface area contributed by atoms with Crippen LogP contribution in [0.4, 0.5) is 17.1 Å². The van der Waals surface area contributed by atoms with Crippen LogP contribution in [0.5, 0.6) is 0 Å². The minimum Gasteiger partial charge on any atom is -0.372 e. The zero-order chi connectivity index (χ0) is 30.5. The Bertz CT molecular complexity index is 1580. The number of nitrogens with zero attached hydrogens (tertiary/aromatic N) is 3. The van der Waals surface area contributed by atoms with Crippen LogP contribution in [0.1, 0.15) is 69.7 Å². The van der Waals surface area contributed by atoms with E-state index in [-0.39, 0.29) is 5.92 Å². The summed E-state index contributed by atoms with van der Waals surface area (Å²) in [5, 5.41) is 5.33. The van der Waals surface area contributed by atoms with Crippen LogP contribution in [-0.4, -0.2) is 39.3 Å². The van der Waals surface area contributed by atoms with Crippen molar-refractivity contribution in [1.82, 2.24) is 0 Å². The van der Waals surface area contributed by atoms with Crippen molar-refractivity contribution in [1.29, 1.82) is 0 Å². The molecule has 43 heavy (non-hydrogen) atoms. The van der Waals surface area contributed by atoms with Crippen LogP contribution < -0.4 is 14.7 Å². The number of hydrogen-bond acceptors (Lipinski definition) is 3. The molecule has 5 aromatic rings. The van der Waals surface area contributed by atoms with Gasteiger partial charge in [0, 0.05) is 73.0 Å². The van der Waals surface area contributed by atoms with E-state index in [1.807, 2.05) is 0 Å². The molecule has 5 rings (SSSR count). The smallest absolute Gasteiger partial charge is 0.0445 e. The summed E-state index contributed by atoms with van der Waals surface area (Å²) < 4.78 is 0. The molecule has 0 aliphatic rings. The number of fused-ring (bicyclic) bond motifs is 2. The van der Waals surface area contributed by atoms with Crippen LogP contribution in [0, 0.1) is 6.92 Å². The summed E-state index contributed by atoms with van der Waals surface area (Å²) in [5.74, 6) is 0.0850. The fraction of sp³-hybridized carbons (Fsp3) is 0.350. The predicted octanol–water partition coefficient (Wildman–Crippen LogP) is 10.0. The molecule has 0 saturated heterocycles. The van der Waals surface area contributed by atoms with Crippen LogP contribution in [0.15, 0.2) is 91.0 Å². The Hall–Kier alpha value is -3.98. The third-order valence-corrected chi connectivity index (χ3v) is 9.40. The second-order valence-corrected chi connectivity index (χ2v) is 11.4. The van der Waals surface area contributed by atoms with Crippen LogP contribution in [-0.2, 0) is 0 Å². The van der Waals surface area contributed by atoms with E-state index in [4.69, 9.17) is 0 Å². The topological polar surface area (TPSA) is 9.72 Å². The molecule has 0 unspecified atom stereocenters. The second kappa shape index (κ2) is 13.5. The van der Waals surface area contributed by atoms with Crippen molar-refractivity contribution < 1.29 is 0 Å². The first kappa shape index (κ1) is 30.5. The maximum Gasteiger partial charge on any atom is 0.0445 e. The Kier molecular flexibility index (Phi) is 9.60. The molecular weight excluding hydrogens is 522 g/mol. The molecule has 5 aromatic carbocycles. The fourth-order valence-corrected chi connectivity index (χ4v) is 7.02. The van der Waals surface area contributed by atoms with Gasteiger partial charge in [-0.1, -0.05) is 66.7 Å². The maximum atomic E-state index is 2.47. The molecule has 0 aromatic heterocycles. The van der Waals surface area contributed by atoms with E-state index in [1.54, 1.807) is 0 Å². The Morgan fingerprint density at radius 2 is 0.860 bits per heavy atom. The van der Waals surface area contributed by atoms with E-state index in [1.165, 1.54) is 60.9 Å². The highest BCUT2D eigenvalue weighted by molar-refractivity contribution is 6.00. The number of benzene rings is 5. The number of aryl methyl sites for hydroxylation is 1. The molecule has 0 aliphatic heterocycles. The van der Waals surface area contributed by atoms with E-state index in [0.717, 1.165) is 39.3 Å². The van der Waals surface area contributed by atoms with Gasteiger partial charge in [0.2, 0.25) is 0 Å². The SMILES string of the molecule is CCN(CC)c1ccc(C)c(C(c2ccc(N(CC)CC)c3ccccc23)c2ccc(N(CC)CC)c3ccccc23)c1. The minimum absolute atomic E-state index is 0.0850. The average molecular weight is 572 g/mol. The van der Waals surface area contributed by atoms with Crippen molar-refractivity contribution >= 4 is 38.6 Å². The van der Waals surface area contributed by atoms with Gasteiger partial charge in [-0.15, -0.1) is 0 Å². The lowest BCUT2D eigenvalue weighted by atomic mass is 9.78. The van der Waals surface area contributed by atoms with Crippen molar-refractivity contribution in [3.63, 3.8) is 0 Å². The molecule has 0 aliphatic carbocycles. The number of anilines is 3. The fourth-order valence-electron chi connectivity index (χ4n) is 7.02. The van der Waals surface area contributed by atoms with Crippen molar-refractivity contribution in [2.75, 3.05) is 54.0 Å². The van der Waals surface area contributed by atoms with Gasteiger partial charge in [0.1, 0.15) is 0 Å². The van der Waals surface area contributed by atoms with Gasteiger partial charge in [0.15, 0.2) is 0 Å². The summed E-state index contributed by atoms with van der Waals surface area (Å²) in [5.41, 5.74) is 9.38. The lowest BCUT2D eigenvalue weighted by molar-refractivity contribution is 0.860. The summed E-state index contributed by atoms with van der Waals surface area (Å²) in [6, 6.07) is 34.7. The predicted molar refractivity (Wildman–Crippen MR) is 191 cm³/mol. The van der Waals surface area contributed by atoms with E-state index in [2.05, 4.69) is 154 Å². The third kappa shape index (κ3) is 5.70. The van der Waals surface area contributed by atoms with Gasteiger partial charge >= 0.3 is 0 Å². The quantitative estimate of drug-likeness (QED) is 0.138. The molecule has 224 valence electrons. The van der Waals surface area contributed by atoms with Gasteiger partial charge in [-0.3, -0.25) is 0 Å². The highest BCUT2D eigenvalue weighted by Crippen LogP contribution is 2.44. The lowest BCUT2D eigenvalue weighted by Gasteiger charge is -2.30. The van der Waals surface area contributed by atoms with Gasteiger partial charge in [0.25, 0.3) is 0 Å². The molecule has 0 amide bonds. The number of rotatable bonds is 12. The largest absolute Gasteiger partial charge is 0.372 e. The van der Waals surface area contributed by atoms with E-state index < -0.39 is 0 Å². The minimum atomic E-state index is 0.0850. The van der Waals surface area contributed by atoms with E-state index in [0.29, 0.717) is 0 Å². The third-order valence-electron chi connectivity index (χ3n) is 9.40. The first-order chi connectivity index (χ1) is 21.0. The summed E-state index contributed by atoms with van der Waals surface area (Å²) in [6.07, 6.45) is 0. The van der Waals surface area contributed by atoms with Gasteiger partial charge in [-0.2, -0.15) is 0 Å². The molecule has 3 nitrogen and oxygen atoms in total. The molecule has 3 heteroatoms. The molecular formula is C40H49N3. The lowest BCUT2D eigenvalue weighted by Crippen LogP contribution is -2.23. The second-order valence-electron chi connectivity index (χ2n) is 11.4. The summed E-state index contributed by atoms with van der Waals surface area (Å²) >= 11 is 0. The number of hydrogen-bond donors (Lipinski definition) is 0. The van der Waals surface area contributed by atoms with Crippen molar-refractivity contribution in [3.05, 3.63) is 113 Å². The molecule has 0 bridgehead atoms. The van der Waals surface area contributed by atoms with Crippen LogP contribution >= 0.6 is 0 Å². The summed E-state index contributed by atoms with van der Waals surface area (Å²) in [6.45, 7) is 21.7. The maximum absolute atomic E-state index is 2.47. The Morgan fingerprint density at radius 3 is 1.28 bits per heavy atom. The highest BCUT2D eigenvalue weighted by atomic mass is 15.1. The molecule has 0 heterocycles. The Labute approximate surface area is 259 Å². The molecule has 0 N–H and O–H groups in total. The van der Waals surface area contributed by atoms with E-state index in [9.17, 15) is 0 Å². The van der Waals surface area contributed by atoms with Crippen LogP contribution in [0.3, 0.4) is 0 Å². The molecule has 0 atom stereocenters. The Balaban J connectivity index is 1.86. The van der Waals surface area contributed by atoms with Crippen LogP contribution in [0.25, 0.3) is 21.5 Å². The standard InChI is InChI=1S/C40H49N3/c1-8-41(9-2)30-23-22-29(7)37(28-30)40(35-24-26-38(42(10-3)11-4)33-20-16-14-18-31(33)35)36-25-27-39(43(12-5)13-6)34-21-17-15-19-32(34)36/h14-28,40H,8-13H2,1-7H3. The first-order valence-corrected chi connectivity index (χ1v) is 16.4. The first-order valence-electron chi connectivity index (χ1n) is 16.4. The van der Waals surface area contributed by atoms with Gasteiger partial charge < -0.3 is 14.7 Å². The molecule has 0 radical (unpaired) electrons. The van der Waals surface area contributed by atoms with Gasteiger partial charge in [-0.25, -0.2) is 0 Å². The molecule has 0 fully saturated rings. The van der Waals surface area contributed by atoms with Crippen molar-refractivity contribution in [2.24, 2.45) is 0 Å². The van der Waals surface area contributed by atoms with Gasteiger partial charge in [0.05, 0.1) is 0 Å². The Morgan fingerprint density at radius 1 is 0.442 bits per heavy atom. The normalized spacial score (nSPS) is 11.4. The van der Waals surface area contributed by atoms with Crippen molar-refractivity contribution in [3.8, 4) is 0 Å². The zero-order valence-electron chi connectivity index (χ0n) is 27.3. The average Bonchev–Trinajstić information content (AvgIpc) is 3.05. The summed E-state index contributed by atoms with van der Waals surface area (Å²) in [7, 11) is 0. The highest BCUT2D eigenvalue weighted by Gasteiger charge is 2.26. The van der Waals surface area contributed by atoms with Gasteiger partial charge in [-0.05, 0) is 106 Å². The van der Waals surface area contributed by atoms with Crippen LogP contribution in [0.2, 0.25) is 0 Å². The zero-order valence-corrected chi connectivity index (χ0v) is 27.3. The van der Waals surface area contributed by atoms with Crippen molar-refractivity contribution in [2.45, 2.75) is 54.4 Å². The summed E-state index contributed by atoms with van der Waals surface area (Å²) in [4.78, 5) is 7.41. The van der Waals surface area contributed by atoms with E-state index >= 15 is 0 Å². The molecule has 0 spiro atoms. The monoisotopic (exact) mass is 571 g/mol.